The third kappa shape index (κ3) is 13.6. The van der Waals surface area contributed by atoms with Crippen molar-refractivity contribution in [3.05, 3.63) is 167 Å². The quantitative estimate of drug-likeness (QED) is 0.0269. The molecule has 1 aliphatic rings. The summed E-state index contributed by atoms with van der Waals surface area (Å²) in [6, 6.07) is 42.5. The highest BCUT2D eigenvalue weighted by atomic mass is 31.2. The molecule has 5 aromatic rings. The average Bonchev–Trinajstić information content (AvgIpc) is 3.37. The van der Waals surface area contributed by atoms with E-state index in [0.29, 0.717) is 11.5 Å². The largest absolute Gasteiger partial charge is 0.497 e. The maximum Gasteiger partial charge on any atom is 0.338 e. The van der Waals surface area contributed by atoms with Crippen molar-refractivity contribution in [3.63, 3.8) is 0 Å². The molecule has 6 rings (SSSR count). The number of benzene rings is 5. The molecule has 15 nitrogen and oxygen atoms in total. The molecule has 5 aromatic carbocycles. The van der Waals surface area contributed by atoms with Crippen LogP contribution in [-0.4, -0.2) is 106 Å². The molecule has 370 valence electrons. The van der Waals surface area contributed by atoms with Gasteiger partial charge in [-0.15, -0.1) is 0 Å². The molecular weight excluding hydrogens is 914 g/mol. The van der Waals surface area contributed by atoms with E-state index in [1.165, 1.54) is 6.92 Å². The van der Waals surface area contributed by atoms with Gasteiger partial charge in [-0.25, -0.2) is 14.3 Å². The smallest absolute Gasteiger partial charge is 0.338 e. The normalized spacial score (nSPS) is 18.4. The van der Waals surface area contributed by atoms with Gasteiger partial charge in [-0.3, -0.25) is 4.79 Å². The van der Waals surface area contributed by atoms with Gasteiger partial charge < -0.3 is 47.5 Å². The molecule has 0 bridgehead atoms. The number of ether oxygens (including phenoxy) is 7. The fourth-order valence-electron chi connectivity index (χ4n) is 8.27. The van der Waals surface area contributed by atoms with Crippen LogP contribution in [0.4, 0.5) is 0 Å². The predicted molar refractivity (Wildman–Crippen MR) is 263 cm³/mol. The minimum Gasteiger partial charge on any atom is -0.497 e. The van der Waals surface area contributed by atoms with Crippen LogP contribution in [0.5, 0.6) is 11.5 Å². The van der Waals surface area contributed by atoms with Crippen molar-refractivity contribution in [1.29, 1.82) is 5.26 Å². The van der Waals surface area contributed by atoms with Crippen LogP contribution in [0.1, 0.15) is 78.4 Å². The molecule has 1 fully saturated rings. The summed E-state index contributed by atoms with van der Waals surface area (Å²) < 4.78 is 58.9. The van der Waals surface area contributed by atoms with E-state index in [1.807, 2.05) is 111 Å². The molecule has 0 spiro atoms. The number of methoxy groups -OCH3 is 2. The van der Waals surface area contributed by atoms with Gasteiger partial charge in [0.1, 0.15) is 29.2 Å². The Morgan fingerprint density at radius 1 is 0.671 bits per heavy atom. The number of nitrogens with zero attached hydrogens (tertiary/aromatic N) is 2. The Bertz CT molecular complexity index is 2390. The second kappa shape index (κ2) is 26.1. The number of hydrogen-bond donors (Lipinski definition) is 1. The van der Waals surface area contributed by atoms with E-state index < -0.39 is 62.6 Å². The Labute approximate surface area is 411 Å². The molecular formula is C54H62N3O12P. The Morgan fingerprint density at radius 3 is 1.63 bits per heavy atom. The molecule has 0 aromatic heterocycles. The average molecular weight is 976 g/mol. The van der Waals surface area contributed by atoms with Gasteiger partial charge in [-0.1, -0.05) is 91.0 Å². The Kier molecular flexibility index (Phi) is 19.8. The predicted octanol–water partition coefficient (Wildman–Crippen LogP) is 9.00. The van der Waals surface area contributed by atoms with Gasteiger partial charge in [-0.05, 0) is 92.9 Å². The van der Waals surface area contributed by atoms with Gasteiger partial charge in [0.25, 0.3) is 8.53 Å². The lowest BCUT2D eigenvalue weighted by atomic mass is 9.80. The van der Waals surface area contributed by atoms with E-state index >= 15 is 0 Å². The van der Waals surface area contributed by atoms with Crippen molar-refractivity contribution < 1.29 is 56.6 Å². The summed E-state index contributed by atoms with van der Waals surface area (Å²) in [5, 5.41) is 12.3. The van der Waals surface area contributed by atoms with Crippen LogP contribution in [-0.2, 0) is 43.1 Å². The summed E-state index contributed by atoms with van der Waals surface area (Å²) in [6.07, 6.45) is -5.14. The molecule has 0 saturated carbocycles. The lowest BCUT2D eigenvalue weighted by Gasteiger charge is -2.46. The van der Waals surface area contributed by atoms with E-state index in [9.17, 15) is 19.6 Å². The minimum atomic E-state index is -1.82. The molecule has 1 aliphatic heterocycles. The first-order chi connectivity index (χ1) is 33.9. The van der Waals surface area contributed by atoms with E-state index in [0.717, 1.165) is 16.7 Å². The third-order valence-corrected chi connectivity index (χ3v) is 13.5. The first-order valence-electron chi connectivity index (χ1n) is 23.2. The van der Waals surface area contributed by atoms with Crippen molar-refractivity contribution in [2.75, 3.05) is 40.6 Å². The number of carbonyl (C=O) groups excluding carboxylic acids is 3. The second-order valence-electron chi connectivity index (χ2n) is 16.8. The van der Waals surface area contributed by atoms with Crippen LogP contribution >= 0.6 is 8.53 Å². The third-order valence-electron chi connectivity index (χ3n) is 11.4. The highest BCUT2D eigenvalue weighted by Gasteiger charge is 2.52. The number of rotatable bonds is 24. The summed E-state index contributed by atoms with van der Waals surface area (Å²) in [7, 11) is 1.39. The van der Waals surface area contributed by atoms with Crippen molar-refractivity contribution in [1.82, 2.24) is 9.99 Å². The van der Waals surface area contributed by atoms with Gasteiger partial charge in [0.2, 0.25) is 5.91 Å². The van der Waals surface area contributed by atoms with Crippen LogP contribution < -0.4 is 14.8 Å². The highest BCUT2D eigenvalue weighted by Crippen LogP contribution is 2.47. The zero-order chi connectivity index (χ0) is 50.0. The maximum atomic E-state index is 14.1. The van der Waals surface area contributed by atoms with E-state index in [1.54, 1.807) is 74.9 Å². The van der Waals surface area contributed by atoms with Crippen molar-refractivity contribution in [2.24, 2.45) is 0 Å². The van der Waals surface area contributed by atoms with Gasteiger partial charge in [-0.2, -0.15) is 5.26 Å². The highest BCUT2D eigenvalue weighted by molar-refractivity contribution is 7.44. The zero-order valence-electron chi connectivity index (χ0n) is 40.6. The summed E-state index contributed by atoms with van der Waals surface area (Å²) >= 11 is 0. The Balaban J connectivity index is 1.40. The Morgan fingerprint density at radius 2 is 1.16 bits per heavy atom. The van der Waals surface area contributed by atoms with Crippen molar-refractivity contribution >= 4 is 26.4 Å². The number of nitrogens with one attached hydrogen (secondary N) is 1. The van der Waals surface area contributed by atoms with Crippen molar-refractivity contribution in [3.8, 4) is 17.6 Å². The van der Waals surface area contributed by atoms with Crippen LogP contribution in [0, 0.1) is 11.3 Å². The van der Waals surface area contributed by atoms with Crippen LogP contribution in [0.25, 0.3) is 0 Å². The van der Waals surface area contributed by atoms with E-state index in [4.69, 9.17) is 42.2 Å². The second-order valence-corrected chi connectivity index (χ2v) is 18.3. The van der Waals surface area contributed by atoms with Crippen LogP contribution in [0.3, 0.4) is 0 Å². The topological polar surface area (TPSA) is 173 Å². The molecule has 0 aliphatic carbocycles. The fraction of sp³-hybridized carbons (Fsp3) is 0.370. The summed E-state index contributed by atoms with van der Waals surface area (Å²) in [6.45, 7) is 9.04. The number of hydrogen-bond acceptors (Lipinski definition) is 14. The SMILES string of the molecule is COc1ccc(C(OCCOC2OC(COP(OCCC#N)N(C(C)C)C(C)C)C(OC(=O)c3ccccc3)C(OC(=O)c3ccccc3)C2NC(C)=O)(c2ccccc2)c2ccc(OC)cc2)cc1. The standard InChI is InChI=1S/C54H62N3O12P/c1-37(2)57(38(3)4)70(65-33-17-32-55)66-36-47-49(68-51(59)40-18-11-8-12-19-40)50(69-52(60)41-20-13-9-14-21-41)48(56-39(5)58)53(67-47)63-34-35-64-54(42-22-15-10-16-23-42,43-24-28-45(61-6)29-25-43)44-26-30-46(62-7)31-27-44/h8-16,18-31,37-38,47-50,53H,17,33-36H2,1-7H3,(H,56,58). The first kappa shape index (κ1) is 53.1. The molecule has 1 heterocycles. The van der Waals surface area contributed by atoms with Crippen LogP contribution in [0.2, 0.25) is 0 Å². The monoisotopic (exact) mass is 975 g/mol. The lowest BCUT2D eigenvalue weighted by Crippen LogP contribution is -2.66. The molecule has 6 unspecified atom stereocenters. The summed E-state index contributed by atoms with van der Waals surface area (Å²) in [5.41, 5.74) is 1.69. The molecule has 6 atom stereocenters. The Hall–Kier alpha value is -6.21. The molecule has 70 heavy (non-hydrogen) atoms. The number of nitriles is 1. The maximum absolute atomic E-state index is 14.1. The van der Waals surface area contributed by atoms with E-state index in [2.05, 4.69) is 11.4 Å². The number of carbonyl (C=O) groups is 3. The van der Waals surface area contributed by atoms with Gasteiger partial charge >= 0.3 is 11.9 Å². The van der Waals surface area contributed by atoms with Gasteiger partial charge in [0.05, 0.1) is 64.3 Å². The minimum absolute atomic E-state index is 0.0303. The molecule has 1 saturated heterocycles. The summed E-state index contributed by atoms with van der Waals surface area (Å²) in [4.78, 5) is 41.3. The number of amides is 1. The number of esters is 2. The molecule has 1 amide bonds. The zero-order valence-corrected chi connectivity index (χ0v) is 41.5. The molecule has 16 heteroatoms. The van der Waals surface area contributed by atoms with Crippen LogP contribution in [0.15, 0.2) is 140 Å². The lowest BCUT2D eigenvalue weighted by molar-refractivity contribution is -0.271. The molecule has 1 N–H and O–H groups in total. The van der Waals surface area contributed by atoms with Gasteiger partial charge in [0.15, 0.2) is 18.5 Å². The first-order valence-corrected chi connectivity index (χ1v) is 24.3. The van der Waals surface area contributed by atoms with Crippen molar-refractivity contribution in [2.45, 2.75) is 89.4 Å². The van der Waals surface area contributed by atoms with Gasteiger partial charge in [0, 0.05) is 19.0 Å². The fourth-order valence-corrected chi connectivity index (χ4v) is 9.88. The molecule has 0 radical (unpaired) electrons. The van der Waals surface area contributed by atoms with E-state index in [-0.39, 0.29) is 56.1 Å². The summed E-state index contributed by atoms with van der Waals surface area (Å²) in [5.74, 6) is -0.646.